The van der Waals surface area contributed by atoms with E-state index in [4.69, 9.17) is 11.6 Å². The second-order valence-corrected chi connectivity index (χ2v) is 4.50. The van der Waals surface area contributed by atoms with Crippen molar-refractivity contribution in [2.75, 3.05) is 0 Å². The van der Waals surface area contributed by atoms with Crippen molar-refractivity contribution in [2.45, 2.75) is 19.3 Å². The molecule has 1 aromatic heterocycles. The number of benzene rings is 1. The van der Waals surface area contributed by atoms with Crippen LogP contribution in [0.25, 0.3) is 0 Å². The van der Waals surface area contributed by atoms with E-state index in [9.17, 15) is 0 Å². The third kappa shape index (κ3) is 3.33. The molecule has 0 amide bonds. The molecule has 77 valence electrons. The van der Waals surface area contributed by atoms with Crippen LogP contribution in [0.3, 0.4) is 0 Å². The number of nitrogens with zero attached hydrogens (tertiary/aromatic N) is 1. The fourth-order valence-electron chi connectivity index (χ4n) is 1.45. The fourth-order valence-corrected chi connectivity index (χ4v) is 2.10. The highest BCUT2D eigenvalue weighted by molar-refractivity contribution is 7.07. The Morgan fingerprint density at radius 3 is 2.67 bits per heavy atom. The van der Waals surface area contributed by atoms with Gasteiger partial charge in [0.15, 0.2) is 5.51 Å². The van der Waals surface area contributed by atoms with Gasteiger partial charge in [-0.1, -0.05) is 23.7 Å². The summed E-state index contributed by atoms with van der Waals surface area (Å²) in [6, 6.07) is 8.03. The van der Waals surface area contributed by atoms with E-state index in [2.05, 4.69) is 28.0 Å². The van der Waals surface area contributed by atoms with Crippen LogP contribution in [0.4, 0.5) is 0 Å². The number of halogens is 1. The van der Waals surface area contributed by atoms with Crippen molar-refractivity contribution in [1.29, 1.82) is 0 Å². The fraction of sp³-hybridized carbons (Fsp3) is 0.250. The Morgan fingerprint density at radius 2 is 2.00 bits per heavy atom. The van der Waals surface area contributed by atoms with E-state index in [0.29, 0.717) is 0 Å². The molecule has 1 radical (unpaired) electrons. The third-order valence-electron chi connectivity index (χ3n) is 2.25. The minimum Gasteiger partial charge on any atom is -0.239 e. The van der Waals surface area contributed by atoms with Crippen molar-refractivity contribution in [1.82, 2.24) is 4.98 Å². The summed E-state index contributed by atoms with van der Waals surface area (Å²) in [6.45, 7) is 0. The molecular weight excluding hydrogens is 226 g/mol. The van der Waals surface area contributed by atoms with Crippen LogP contribution in [0.1, 0.15) is 17.7 Å². The molecule has 0 fully saturated rings. The first-order valence-corrected chi connectivity index (χ1v) is 6.15. The van der Waals surface area contributed by atoms with Crippen LogP contribution in [-0.2, 0) is 12.8 Å². The van der Waals surface area contributed by atoms with Gasteiger partial charge in [0.25, 0.3) is 0 Å². The lowest BCUT2D eigenvalue weighted by atomic mass is 10.1. The number of hydrogen-bond acceptors (Lipinski definition) is 2. The molecule has 0 saturated carbocycles. The van der Waals surface area contributed by atoms with Crippen molar-refractivity contribution in [2.24, 2.45) is 0 Å². The number of aryl methyl sites for hydroxylation is 2. The molecular formula is C12H11ClNS. The predicted octanol–water partition coefficient (Wildman–Crippen LogP) is 3.77. The van der Waals surface area contributed by atoms with Crippen molar-refractivity contribution in [3.8, 4) is 0 Å². The largest absolute Gasteiger partial charge is 0.239 e. The first-order chi connectivity index (χ1) is 7.34. The second-order valence-electron chi connectivity index (χ2n) is 3.41. The van der Waals surface area contributed by atoms with Gasteiger partial charge in [-0.2, -0.15) is 0 Å². The Balaban J connectivity index is 1.81. The van der Waals surface area contributed by atoms with Gasteiger partial charge in [-0.15, -0.1) is 11.3 Å². The van der Waals surface area contributed by atoms with Crippen molar-refractivity contribution in [3.63, 3.8) is 0 Å². The lowest BCUT2D eigenvalue weighted by Crippen LogP contribution is -1.89. The monoisotopic (exact) mass is 236 g/mol. The van der Waals surface area contributed by atoms with Crippen LogP contribution >= 0.6 is 22.9 Å². The lowest BCUT2D eigenvalue weighted by molar-refractivity contribution is 0.804. The molecule has 0 saturated heterocycles. The minimum atomic E-state index is 0.799. The SMILES string of the molecule is Clc1ccc(CCCc2cs[c]n2)cc1. The van der Waals surface area contributed by atoms with Crippen LogP contribution in [0.5, 0.6) is 0 Å². The summed E-state index contributed by atoms with van der Waals surface area (Å²) in [7, 11) is 0. The Labute approximate surface area is 98.7 Å². The van der Waals surface area contributed by atoms with E-state index >= 15 is 0 Å². The summed E-state index contributed by atoms with van der Waals surface area (Å²) < 4.78 is 0. The van der Waals surface area contributed by atoms with Gasteiger partial charge in [0.2, 0.25) is 0 Å². The zero-order chi connectivity index (χ0) is 10.5. The van der Waals surface area contributed by atoms with E-state index < -0.39 is 0 Å². The highest BCUT2D eigenvalue weighted by Gasteiger charge is 1.97. The summed E-state index contributed by atoms with van der Waals surface area (Å²) in [5.74, 6) is 0. The molecule has 0 bridgehead atoms. The highest BCUT2D eigenvalue weighted by Crippen LogP contribution is 2.12. The van der Waals surface area contributed by atoms with Gasteiger partial charge in [-0.25, -0.2) is 4.98 Å². The maximum atomic E-state index is 5.81. The maximum Gasteiger partial charge on any atom is 0.152 e. The van der Waals surface area contributed by atoms with Crippen LogP contribution < -0.4 is 0 Å². The smallest absolute Gasteiger partial charge is 0.152 e. The first-order valence-electron chi connectivity index (χ1n) is 4.89. The van der Waals surface area contributed by atoms with E-state index in [1.165, 1.54) is 16.9 Å². The van der Waals surface area contributed by atoms with Crippen molar-refractivity contribution < 1.29 is 0 Å². The quantitative estimate of drug-likeness (QED) is 0.788. The zero-order valence-electron chi connectivity index (χ0n) is 8.24. The highest BCUT2D eigenvalue weighted by atomic mass is 35.5. The van der Waals surface area contributed by atoms with Crippen molar-refractivity contribution in [3.05, 3.63) is 51.4 Å². The Bertz CT molecular complexity index is 394. The van der Waals surface area contributed by atoms with E-state index in [1.807, 2.05) is 12.1 Å². The van der Waals surface area contributed by atoms with Gasteiger partial charge >= 0.3 is 0 Å². The Hall–Kier alpha value is -0.860. The van der Waals surface area contributed by atoms with Crippen molar-refractivity contribution >= 4 is 22.9 Å². The van der Waals surface area contributed by atoms with Crippen LogP contribution in [0, 0.1) is 5.51 Å². The molecule has 1 aromatic carbocycles. The van der Waals surface area contributed by atoms with E-state index in [-0.39, 0.29) is 0 Å². The van der Waals surface area contributed by atoms with Gasteiger partial charge in [-0.3, -0.25) is 0 Å². The molecule has 0 aliphatic heterocycles. The van der Waals surface area contributed by atoms with Gasteiger partial charge in [0.05, 0.1) is 5.69 Å². The molecule has 1 nitrogen and oxygen atoms in total. The molecule has 0 aliphatic rings. The molecule has 0 aliphatic carbocycles. The molecule has 0 unspecified atom stereocenters. The summed E-state index contributed by atoms with van der Waals surface area (Å²) in [5, 5.41) is 2.86. The normalized spacial score (nSPS) is 10.5. The maximum absolute atomic E-state index is 5.81. The zero-order valence-corrected chi connectivity index (χ0v) is 9.81. The summed E-state index contributed by atoms with van der Waals surface area (Å²) in [5.41, 5.74) is 5.34. The molecule has 2 rings (SSSR count). The Morgan fingerprint density at radius 1 is 1.20 bits per heavy atom. The molecule has 0 N–H and O–H groups in total. The number of thiazole rings is 1. The van der Waals surface area contributed by atoms with Crippen LogP contribution in [-0.4, -0.2) is 4.98 Å². The van der Waals surface area contributed by atoms with Crippen LogP contribution in [0.15, 0.2) is 29.6 Å². The number of aromatic nitrogens is 1. The summed E-state index contributed by atoms with van der Waals surface area (Å²) in [6.07, 6.45) is 3.23. The van der Waals surface area contributed by atoms with E-state index in [0.717, 1.165) is 30.0 Å². The lowest BCUT2D eigenvalue weighted by Gasteiger charge is -2.00. The molecule has 3 heteroatoms. The minimum absolute atomic E-state index is 0.799. The second kappa shape index (κ2) is 5.29. The molecule has 1 heterocycles. The van der Waals surface area contributed by atoms with Crippen LogP contribution in [0.2, 0.25) is 5.02 Å². The molecule has 15 heavy (non-hydrogen) atoms. The van der Waals surface area contributed by atoms with Gasteiger partial charge in [0, 0.05) is 10.4 Å². The standard InChI is InChI=1S/C12H11ClNS/c13-11-6-4-10(5-7-11)2-1-3-12-8-15-9-14-12/h4-8H,1-3H2. The number of rotatable bonds is 4. The average molecular weight is 237 g/mol. The predicted molar refractivity (Wildman–Crippen MR) is 64.4 cm³/mol. The third-order valence-corrected chi connectivity index (χ3v) is 3.09. The topological polar surface area (TPSA) is 12.9 Å². The Kier molecular flexibility index (Phi) is 3.75. The molecule has 0 spiro atoms. The molecule has 2 aromatic rings. The van der Waals surface area contributed by atoms with E-state index in [1.54, 1.807) is 0 Å². The van der Waals surface area contributed by atoms with Gasteiger partial charge in [0.1, 0.15) is 0 Å². The van der Waals surface area contributed by atoms with Gasteiger partial charge < -0.3 is 0 Å². The molecule has 0 atom stereocenters. The summed E-state index contributed by atoms with van der Waals surface area (Å²) >= 11 is 7.35. The number of hydrogen-bond donors (Lipinski definition) is 0. The first kappa shape index (κ1) is 10.7. The average Bonchev–Trinajstić information content (AvgIpc) is 2.74. The van der Waals surface area contributed by atoms with Gasteiger partial charge in [-0.05, 0) is 37.0 Å². The summed E-state index contributed by atoms with van der Waals surface area (Å²) in [4.78, 5) is 4.13.